The van der Waals surface area contributed by atoms with E-state index in [1.165, 1.54) is 12.3 Å². The summed E-state index contributed by atoms with van der Waals surface area (Å²) in [6.45, 7) is -0.0704. The van der Waals surface area contributed by atoms with Gasteiger partial charge < -0.3 is 19.6 Å². The zero-order chi connectivity index (χ0) is 28.8. The zero-order valence-corrected chi connectivity index (χ0v) is 23.0. The van der Waals surface area contributed by atoms with Crippen molar-refractivity contribution < 1.29 is 23.8 Å². The summed E-state index contributed by atoms with van der Waals surface area (Å²) in [5.41, 5.74) is 3.73. The molecular weight excluding hydrogens is 565 g/mol. The maximum atomic E-state index is 13.4. The van der Waals surface area contributed by atoms with Gasteiger partial charge in [-0.2, -0.15) is 0 Å². The van der Waals surface area contributed by atoms with Gasteiger partial charge in [-0.1, -0.05) is 96.0 Å². The molecule has 0 fully saturated rings. The normalized spacial score (nSPS) is 11.7. The largest absolute Gasteiger partial charge is 0.480 e. The topological polar surface area (TPSA) is 115 Å². The maximum Gasteiger partial charge on any atom is 0.328 e. The van der Waals surface area contributed by atoms with E-state index in [0.29, 0.717) is 11.1 Å². The van der Waals surface area contributed by atoms with Crippen LogP contribution in [-0.4, -0.2) is 39.6 Å². The average molecular weight is 588 g/mol. The lowest BCUT2D eigenvalue weighted by molar-refractivity contribution is -0.141. The summed E-state index contributed by atoms with van der Waals surface area (Å²) < 4.78 is 11.6. The van der Waals surface area contributed by atoms with Gasteiger partial charge in [-0.25, -0.2) is 14.8 Å². The van der Waals surface area contributed by atoms with Crippen molar-refractivity contribution in [1.29, 1.82) is 0 Å². The van der Waals surface area contributed by atoms with E-state index in [1.807, 2.05) is 84.9 Å². The first kappa shape index (κ1) is 28.0. The molecular formula is C31H23Cl2N3O5. The molecule has 1 amide bonds. The Labute approximate surface area is 245 Å². The second kappa shape index (κ2) is 12.8. The SMILES string of the molecule is O=C(N[C@@H](COCc1ccccc1)C(=O)O)c1nc(-c2ccc(-c3ccccc3)cc2)oc1-c1cnc(Cl)c(Cl)c1. The van der Waals surface area contributed by atoms with Gasteiger partial charge in [0.05, 0.1) is 18.2 Å². The van der Waals surface area contributed by atoms with Crippen molar-refractivity contribution in [3.05, 3.63) is 119 Å². The van der Waals surface area contributed by atoms with Crippen LogP contribution in [0.25, 0.3) is 33.9 Å². The van der Waals surface area contributed by atoms with Crippen LogP contribution in [0.15, 0.2) is 102 Å². The van der Waals surface area contributed by atoms with Gasteiger partial charge in [-0.15, -0.1) is 0 Å². The third kappa shape index (κ3) is 6.81. The Bertz CT molecular complexity index is 1660. The predicted octanol–water partition coefficient (Wildman–Crippen LogP) is 6.78. The minimum Gasteiger partial charge on any atom is -0.480 e. The molecule has 0 bridgehead atoms. The number of amides is 1. The van der Waals surface area contributed by atoms with Gasteiger partial charge >= 0.3 is 5.97 Å². The highest BCUT2D eigenvalue weighted by Gasteiger charge is 2.28. The maximum absolute atomic E-state index is 13.4. The number of hydrogen-bond acceptors (Lipinski definition) is 6. The second-order valence-electron chi connectivity index (χ2n) is 9.00. The molecule has 2 aromatic heterocycles. The van der Waals surface area contributed by atoms with Gasteiger partial charge in [0.25, 0.3) is 5.91 Å². The van der Waals surface area contributed by atoms with Gasteiger partial charge in [0.1, 0.15) is 5.15 Å². The van der Waals surface area contributed by atoms with E-state index in [-0.39, 0.29) is 40.7 Å². The fourth-order valence-corrected chi connectivity index (χ4v) is 4.31. The third-order valence-corrected chi connectivity index (χ3v) is 6.83. The summed E-state index contributed by atoms with van der Waals surface area (Å²) in [6, 6.07) is 26.8. The number of ether oxygens (including phenoxy) is 1. The molecule has 0 saturated carbocycles. The van der Waals surface area contributed by atoms with E-state index in [9.17, 15) is 14.7 Å². The number of nitrogens with one attached hydrogen (secondary N) is 1. The summed E-state index contributed by atoms with van der Waals surface area (Å²) in [5, 5.41) is 12.5. The first-order valence-electron chi connectivity index (χ1n) is 12.5. The number of carboxylic acid groups (broad SMARTS) is 1. The average Bonchev–Trinajstić information content (AvgIpc) is 3.45. The fourth-order valence-electron chi connectivity index (χ4n) is 4.04. The smallest absolute Gasteiger partial charge is 0.328 e. The van der Waals surface area contributed by atoms with Crippen LogP contribution >= 0.6 is 23.2 Å². The predicted molar refractivity (Wildman–Crippen MR) is 156 cm³/mol. The third-order valence-electron chi connectivity index (χ3n) is 6.14. The summed E-state index contributed by atoms with van der Waals surface area (Å²) >= 11 is 12.2. The van der Waals surface area contributed by atoms with E-state index in [1.54, 1.807) is 0 Å². The molecule has 8 nitrogen and oxygen atoms in total. The Hall–Kier alpha value is -4.50. The van der Waals surface area contributed by atoms with Gasteiger partial charge in [-0.3, -0.25) is 4.79 Å². The Balaban J connectivity index is 1.42. The van der Waals surface area contributed by atoms with Crippen molar-refractivity contribution in [2.75, 3.05) is 6.61 Å². The number of aromatic nitrogens is 2. The molecule has 0 saturated heterocycles. The number of nitrogens with zero attached hydrogens (tertiary/aromatic N) is 2. The van der Waals surface area contributed by atoms with Crippen molar-refractivity contribution in [2.24, 2.45) is 0 Å². The number of aliphatic carboxylic acids is 1. The first-order chi connectivity index (χ1) is 19.9. The van der Waals surface area contributed by atoms with Crippen molar-refractivity contribution in [2.45, 2.75) is 12.6 Å². The van der Waals surface area contributed by atoms with Gasteiger partial charge in [0, 0.05) is 17.3 Å². The number of carbonyl (C=O) groups is 2. The van der Waals surface area contributed by atoms with E-state index >= 15 is 0 Å². The highest BCUT2D eigenvalue weighted by Crippen LogP contribution is 2.33. The van der Waals surface area contributed by atoms with Crippen molar-refractivity contribution in [3.63, 3.8) is 0 Å². The molecule has 41 heavy (non-hydrogen) atoms. The number of oxazole rings is 1. The van der Waals surface area contributed by atoms with Crippen molar-refractivity contribution in [3.8, 4) is 33.9 Å². The number of hydrogen-bond donors (Lipinski definition) is 2. The van der Waals surface area contributed by atoms with Gasteiger partial charge in [-0.05, 0) is 34.9 Å². The van der Waals surface area contributed by atoms with Crippen LogP contribution in [0.4, 0.5) is 0 Å². The summed E-state index contributed by atoms with van der Waals surface area (Å²) in [4.78, 5) is 33.8. The summed E-state index contributed by atoms with van der Waals surface area (Å²) in [7, 11) is 0. The number of halogens is 2. The monoisotopic (exact) mass is 587 g/mol. The summed E-state index contributed by atoms with van der Waals surface area (Å²) in [6.07, 6.45) is 1.39. The fraction of sp³-hybridized carbons (Fsp3) is 0.0968. The number of pyridine rings is 1. The molecule has 0 radical (unpaired) electrons. The highest BCUT2D eigenvalue weighted by molar-refractivity contribution is 6.41. The molecule has 5 aromatic rings. The standard InChI is InChI=1S/C31H23Cl2N3O5/c32-24-15-23(16-34-28(24)33)27-26(29(37)35-25(31(38)39)18-40-17-19-7-3-1-4-8-19)36-30(41-27)22-13-11-21(12-14-22)20-9-5-2-6-10-20/h1-16,25H,17-18H2,(H,35,37)(H,38,39)/t25-/m0/s1. The molecule has 0 aliphatic rings. The van der Waals surface area contributed by atoms with Gasteiger partial charge in [0.15, 0.2) is 17.5 Å². The molecule has 206 valence electrons. The lowest BCUT2D eigenvalue weighted by Crippen LogP contribution is -2.44. The van der Waals surface area contributed by atoms with Crippen LogP contribution < -0.4 is 5.32 Å². The molecule has 0 aliphatic heterocycles. The second-order valence-corrected chi connectivity index (χ2v) is 9.77. The molecule has 1 atom stereocenters. The van der Waals surface area contributed by atoms with Crippen LogP contribution in [0.5, 0.6) is 0 Å². The van der Waals surface area contributed by atoms with Crippen LogP contribution in [0.2, 0.25) is 10.2 Å². The first-order valence-corrected chi connectivity index (χ1v) is 13.3. The number of benzene rings is 3. The molecule has 0 aliphatic carbocycles. The Morgan fingerprint density at radius 1 is 0.878 bits per heavy atom. The minimum absolute atomic E-state index is 0.0602. The van der Waals surface area contributed by atoms with E-state index in [4.69, 9.17) is 32.4 Å². The number of carbonyl (C=O) groups excluding carboxylic acids is 1. The van der Waals surface area contributed by atoms with E-state index < -0.39 is 17.9 Å². The quantitative estimate of drug-likeness (QED) is 0.173. The molecule has 2 N–H and O–H groups in total. The molecule has 2 heterocycles. The van der Waals surface area contributed by atoms with Gasteiger partial charge in [0.2, 0.25) is 5.89 Å². The lowest BCUT2D eigenvalue weighted by Gasteiger charge is -2.14. The van der Waals surface area contributed by atoms with Crippen molar-refractivity contribution >= 4 is 35.1 Å². The summed E-state index contributed by atoms with van der Waals surface area (Å²) in [5.74, 6) is -1.81. The van der Waals surface area contributed by atoms with E-state index in [0.717, 1.165) is 16.7 Å². The van der Waals surface area contributed by atoms with Crippen molar-refractivity contribution in [1.82, 2.24) is 15.3 Å². The highest BCUT2D eigenvalue weighted by atomic mass is 35.5. The molecule has 0 unspecified atom stereocenters. The van der Waals surface area contributed by atoms with E-state index in [2.05, 4.69) is 15.3 Å². The number of rotatable bonds is 10. The van der Waals surface area contributed by atoms with Crippen LogP contribution in [0.1, 0.15) is 16.1 Å². The molecule has 5 rings (SSSR count). The van der Waals surface area contributed by atoms with Crippen LogP contribution in [-0.2, 0) is 16.1 Å². The Morgan fingerprint density at radius 2 is 1.51 bits per heavy atom. The Morgan fingerprint density at radius 3 is 2.17 bits per heavy atom. The molecule has 0 spiro atoms. The lowest BCUT2D eigenvalue weighted by atomic mass is 10.0. The number of carboxylic acids is 1. The van der Waals surface area contributed by atoms with Crippen LogP contribution in [0.3, 0.4) is 0 Å². The van der Waals surface area contributed by atoms with Crippen LogP contribution in [0, 0.1) is 0 Å². The molecule has 10 heteroatoms. The zero-order valence-electron chi connectivity index (χ0n) is 21.5. The Kier molecular flexibility index (Phi) is 8.74. The minimum atomic E-state index is -1.34. The molecule has 3 aromatic carbocycles.